The maximum atomic E-state index is 12.8. The van der Waals surface area contributed by atoms with Gasteiger partial charge in [-0.3, -0.25) is 0 Å². The predicted molar refractivity (Wildman–Crippen MR) is 77.4 cm³/mol. The summed E-state index contributed by atoms with van der Waals surface area (Å²) in [6.45, 7) is 0.923. The van der Waals surface area contributed by atoms with E-state index in [2.05, 4.69) is 11.1 Å². The first-order chi connectivity index (χ1) is 10.4. The van der Waals surface area contributed by atoms with Crippen LogP contribution in [-0.4, -0.2) is 11.5 Å². The Morgan fingerprint density at radius 2 is 2.18 bits per heavy atom. The average Bonchev–Trinajstić information content (AvgIpc) is 2.80. The molecule has 0 aromatic carbocycles. The number of halogens is 3. The van der Waals surface area contributed by atoms with Gasteiger partial charge in [-0.15, -0.1) is 11.3 Å². The van der Waals surface area contributed by atoms with Crippen molar-refractivity contribution >= 4 is 22.2 Å². The van der Waals surface area contributed by atoms with Crippen molar-refractivity contribution in [3.05, 3.63) is 39.9 Å². The van der Waals surface area contributed by atoms with Gasteiger partial charge in [-0.05, 0) is 24.1 Å². The molecule has 0 saturated heterocycles. The van der Waals surface area contributed by atoms with Crippen LogP contribution in [-0.2, 0) is 19.1 Å². The first-order valence-corrected chi connectivity index (χ1v) is 7.30. The summed E-state index contributed by atoms with van der Waals surface area (Å²) in [5.41, 5.74) is 6.50. The number of anilines is 2. The first-order valence-electron chi connectivity index (χ1n) is 6.48. The maximum Gasteiger partial charge on any atom is 0.416 e. The molecule has 0 fully saturated rings. The fourth-order valence-electron chi connectivity index (χ4n) is 2.51. The van der Waals surface area contributed by atoms with Gasteiger partial charge in [0.05, 0.1) is 17.7 Å². The number of fused-ring (bicyclic) bond motifs is 1. The van der Waals surface area contributed by atoms with Crippen LogP contribution in [0.4, 0.5) is 24.0 Å². The second-order valence-electron chi connectivity index (χ2n) is 4.93. The molecule has 1 aliphatic rings. The number of hydrogen-bond acceptors (Lipinski definition) is 5. The molecular formula is C14H11F3N4S. The van der Waals surface area contributed by atoms with Gasteiger partial charge < -0.3 is 10.6 Å². The minimum Gasteiger partial charge on any atom is -0.389 e. The van der Waals surface area contributed by atoms with E-state index in [1.54, 1.807) is 4.90 Å². The zero-order valence-electron chi connectivity index (χ0n) is 11.3. The summed E-state index contributed by atoms with van der Waals surface area (Å²) >= 11 is 1.31. The number of nitrogen functional groups attached to an aromatic ring is 1. The van der Waals surface area contributed by atoms with E-state index in [1.807, 2.05) is 0 Å². The molecule has 0 unspecified atom stereocenters. The molecule has 8 heteroatoms. The summed E-state index contributed by atoms with van der Waals surface area (Å²) in [7, 11) is 0. The zero-order valence-corrected chi connectivity index (χ0v) is 12.1. The third kappa shape index (κ3) is 2.48. The number of nitriles is 1. The lowest BCUT2D eigenvalue weighted by atomic mass is 10.0. The molecule has 2 aromatic heterocycles. The summed E-state index contributed by atoms with van der Waals surface area (Å²) in [5, 5.41) is 9.56. The smallest absolute Gasteiger partial charge is 0.389 e. The van der Waals surface area contributed by atoms with E-state index in [0.717, 1.165) is 28.8 Å². The lowest BCUT2D eigenvalue weighted by Crippen LogP contribution is -2.30. The largest absolute Gasteiger partial charge is 0.416 e. The van der Waals surface area contributed by atoms with Crippen molar-refractivity contribution in [1.29, 1.82) is 5.26 Å². The molecule has 0 saturated carbocycles. The minimum absolute atomic E-state index is 0.283. The highest BCUT2D eigenvalue weighted by Crippen LogP contribution is 2.36. The summed E-state index contributed by atoms with van der Waals surface area (Å²) in [6.07, 6.45) is -2.65. The molecule has 22 heavy (non-hydrogen) atoms. The van der Waals surface area contributed by atoms with Gasteiger partial charge in [0.1, 0.15) is 16.9 Å². The topological polar surface area (TPSA) is 65.9 Å². The highest BCUT2D eigenvalue weighted by molar-refractivity contribution is 7.16. The summed E-state index contributed by atoms with van der Waals surface area (Å²) in [6, 6.07) is 4.09. The zero-order chi connectivity index (χ0) is 15.9. The van der Waals surface area contributed by atoms with Crippen LogP contribution >= 0.6 is 11.3 Å². The molecule has 3 heterocycles. The molecule has 4 nitrogen and oxygen atoms in total. The van der Waals surface area contributed by atoms with Gasteiger partial charge in [0.15, 0.2) is 0 Å². The van der Waals surface area contributed by atoms with Crippen LogP contribution in [0.3, 0.4) is 0 Å². The number of alkyl halides is 3. The van der Waals surface area contributed by atoms with Crippen LogP contribution in [0.5, 0.6) is 0 Å². The molecule has 1 aliphatic heterocycles. The molecule has 2 aromatic rings. The Hall–Kier alpha value is -2.27. The van der Waals surface area contributed by atoms with Crippen LogP contribution < -0.4 is 10.6 Å². The van der Waals surface area contributed by atoms with E-state index in [4.69, 9.17) is 11.0 Å². The van der Waals surface area contributed by atoms with Crippen molar-refractivity contribution < 1.29 is 13.2 Å². The molecule has 114 valence electrons. The van der Waals surface area contributed by atoms with Gasteiger partial charge in [-0.1, -0.05) is 0 Å². The number of nitrogens with two attached hydrogens (primary N) is 1. The number of aromatic nitrogens is 1. The Labute approximate surface area is 128 Å². The lowest BCUT2D eigenvalue weighted by molar-refractivity contribution is -0.137. The Balaban J connectivity index is 1.91. The van der Waals surface area contributed by atoms with Crippen molar-refractivity contribution in [2.75, 3.05) is 17.2 Å². The van der Waals surface area contributed by atoms with E-state index in [-0.39, 0.29) is 5.82 Å². The maximum absolute atomic E-state index is 12.8. The third-order valence-electron chi connectivity index (χ3n) is 3.59. The van der Waals surface area contributed by atoms with Gasteiger partial charge in [-0.25, -0.2) is 4.98 Å². The Kier molecular flexibility index (Phi) is 3.45. The fourth-order valence-corrected chi connectivity index (χ4v) is 3.59. The van der Waals surface area contributed by atoms with Crippen LogP contribution in [0.25, 0.3) is 0 Å². The first kappa shape index (κ1) is 14.7. The van der Waals surface area contributed by atoms with E-state index in [0.29, 0.717) is 30.1 Å². The van der Waals surface area contributed by atoms with Crippen molar-refractivity contribution in [1.82, 2.24) is 4.98 Å². The molecule has 3 rings (SSSR count). The molecule has 2 N–H and O–H groups in total. The highest BCUT2D eigenvalue weighted by Gasteiger charge is 2.32. The summed E-state index contributed by atoms with van der Waals surface area (Å²) < 4.78 is 38.3. The second kappa shape index (κ2) is 5.18. The number of pyridine rings is 1. The molecule has 0 aliphatic carbocycles. The molecule has 0 atom stereocenters. The van der Waals surface area contributed by atoms with Crippen molar-refractivity contribution in [3.63, 3.8) is 0 Å². The van der Waals surface area contributed by atoms with Crippen LogP contribution in [0.15, 0.2) is 18.3 Å². The monoisotopic (exact) mass is 324 g/mol. The Morgan fingerprint density at radius 1 is 1.41 bits per heavy atom. The number of rotatable bonds is 1. The SMILES string of the molecule is N#Cc1c(N)sc2c1CCN(c1cc(C(F)(F)F)ccn1)C2. The lowest BCUT2D eigenvalue weighted by Gasteiger charge is -2.28. The van der Waals surface area contributed by atoms with Crippen molar-refractivity contribution in [2.24, 2.45) is 0 Å². The van der Waals surface area contributed by atoms with Crippen molar-refractivity contribution in [3.8, 4) is 6.07 Å². The summed E-state index contributed by atoms with van der Waals surface area (Å²) in [5.74, 6) is 0.283. The molecule has 0 bridgehead atoms. The second-order valence-corrected chi connectivity index (χ2v) is 6.06. The number of hydrogen-bond donors (Lipinski definition) is 1. The minimum atomic E-state index is -4.39. The standard InChI is InChI=1S/C14H11F3N4S/c15-14(16,17)8-1-3-20-12(5-8)21-4-2-9-10(6-18)13(19)22-11(9)7-21/h1,3,5H,2,4,7,19H2. The van der Waals surface area contributed by atoms with E-state index < -0.39 is 11.7 Å². The van der Waals surface area contributed by atoms with Gasteiger partial charge >= 0.3 is 6.18 Å². The van der Waals surface area contributed by atoms with Crippen LogP contribution in [0.1, 0.15) is 21.6 Å². The van der Waals surface area contributed by atoms with E-state index >= 15 is 0 Å². The predicted octanol–water partition coefficient (Wildman–Crippen LogP) is 3.18. The Bertz CT molecular complexity index is 760. The van der Waals surface area contributed by atoms with E-state index in [9.17, 15) is 13.2 Å². The van der Waals surface area contributed by atoms with Crippen molar-refractivity contribution in [2.45, 2.75) is 19.1 Å². The van der Waals surface area contributed by atoms with Crippen LogP contribution in [0, 0.1) is 11.3 Å². The number of thiophene rings is 1. The summed E-state index contributed by atoms with van der Waals surface area (Å²) in [4.78, 5) is 6.72. The van der Waals surface area contributed by atoms with E-state index in [1.165, 1.54) is 11.3 Å². The normalized spacial score (nSPS) is 14.5. The highest BCUT2D eigenvalue weighted by atomic mass is 32.1. The molecule has 0 radical (unpaired) electrons. The number of nitrogens with zero attached hydrogens (tertiary/aromatic N) is 3. The molecule has 0 spiro atoms. The molecular weight excluding hydrogens is 313 g/mol. The van der Waals surface area contributed by atoms with Gasteiger partial charge in [0, 0.05) is 17.6 Å². The fraction of sp³-hybridized carbons (Fsp3) is 0.286. The van der Waals surface area contributed by atoms with Crippen LogP contribution in [0.2, 0.25) is 0 Å². The molecule has 0 amide bonds. The van der Waals surface area contributed by atoms with Gasteiger partial charge in [0.2, 0.25) is 0 Å². The third-order valence-corrected chi connectivity index (χ3v) is 4.64. The van der Waals surface area contributed by atoms with Gasteiger partial charge in [-0.2, -0.15) is 18.4 Å². The Morgan fingerprint density at radius 3 is 2.86 bits per heavy atom. The average molecular weight is 324 g/mol. The quantitative estimate of drug-likeness (QED) is 0.875. The van der Waals surface area contributed by atoms with Gasteiger partial charge in [0.25, 0.3) is 0 Å².